The van der Waals surface area contributed by atoms with E-state index in [0.717, 1.165) is 31.7 Å². The minimum atomic E-state index is -0.331. The molecule has 18 heavy (non-hydrogen) atoms. The van der Waals surface area contributed by atoms with Crippen LogP contribution in [0.1, 0.15) is 33.6 Å². The summed E-state index contributed by atoms with van der Waals surface area (Å²) < 4.78 is 0. The van der Waals surface area contributed by atoms with E-state index in [9.17, 15) is 4.79 Å². The molecule has 104 valence electrons. The fraction of sp³-hybridized carbons (Fsp3) is 0.786. The molecule has 0 aromatic heterocycles. The van der Waals surface area contributed by atoms with Crippen molar-refractivity contribution in [3.8, 4) is 0 Å². The SMILES string of the molecule is CSCC[C@@H](N)C(=O)N1CC=C(C(C)(C)C)CC1. The van der Waals surface area contributed by atoms with Gasteiger partial charge in [0.15, 0.2) is 0 Å². The lowest BCUT2D eigenvalue weighted by Gasteiger charge is -2.33. The minimum absolute atomic E-state index is 0.105. The zero-order valence-corrected chi connectivity index (χ0v) is 12.8. The van der Waals surface area contributed by atoms with E-state index in [1.165, 1.54) is 5.57 Å². The number of carbonyl (C=O) groups is 1. The van der Waals surface area contributed by atoms with Gasteiger partial charge in [-0.3, -0.25) is 4.79 Å². The fourth-order valence-corrected chi connectivity index (χ4v) is 2.64. The Bertz CT molecular complexity index is 320. The lowest BCUT2D eigenvalue weighted by Crippen LogP contribution is -2.46. The summed E-state index contributed by atoms with van der Waals surface area (Å²) in [7, 11) is 0. The number of thioether (sulfide) groups is 1. The third-order valence-electron chi connectivity index (χ3n) is 3.43. The van der Waals surface area contributed by atoms with Gasteiger partial charge in [-0.25, -0.2) is 0 Å². The average Bonchev–Trinajstić information content (AvgIpc) is 2.34. The van der Waals surface area contributed by atoms with E-state index in [1.807, 2.05) is 11.2 Å². The van der Waals surface area contributed by atoms with Crippen LogP contribution in [0.15, 0.2) is 11.6 Å². The van der Waals surface area contributed by atoms with Crippen molar-refractivity contribution in [1.29, 1.82) is 0 Å². The Kier molecular flexibility index (Phi) is 5.73. The summed E-state index contributed by atoms with van der Waals surface area (Å²) >= 11 is 1.74. The molecule has 1 rings (SSSR count). The molecule has 3 nitrogen and oxygen atoms in total. The highest BCUT2D eigenvalue weighted by Crippen LogP contribution is 2.30. The maximum Gasteiger partial charge on any atom is 0.239 e. The van der Waals surface area contributed by atoms with E-state index in [0.29, 0.717) is 0 Å². The second-order valence-corrected chi connectivity index (χ2v) is 6.89. The van der Waals surface area contributed by atoms with E-state index >= 15 is 0 Å². The Balaban J connectivity index is 2.52. The van der Waals surface area contributed by atoms with Crippen LogP contribution in [-0.2, 0) is 4.79 Å². The summed E-state index contributed by atoms with van der Waals surface area (Å²) in [6, 6.07) is -0.331. The molecule has 1 aliphatic heterocycles. The number of hydrogen-bond donors (Lipinski definition) is 1. The molecule has 1 atom stereocenters. The largest absolute Gasteiger partial charge is 0.337 e. The lowest BCUT2D eigenvalue weighted by molar-refractivity contribution is -0.132. The molecule has 0 bridgehead atoms. The Morgan fingerprint density at radius 3 is 2.67 bits per heavy atom. The molecule has 1 heterocycles. The summed E-state index contributed by atoms with van der Waals surface area (Å²) in [5, 5.41) is 0. The van der Waals surface area contributed by atoms with Crippen LogP contribution >= 0.6 is 11.8 Å². The molecule has 0 radical (unpaired) electrons. The quantitative estimate of drug-likeness (QED) is 0.797. The van der Waals surface area contributed by atoms with E-state index in [4.69, 9.17) is 5.73 Å². The topological polar surface area (TPSA) is 46.3 Å². The molecular formula is C14H26N2OS. The van der Waals surface area contributed by atoms with Gasteiger partial charge in [0.25, 0.3) is 0 Å². The van der Waals surface area contributed by atoms with E-state index in [1.54, 1.807) is 11.8 Å². The summed E-state index contributed by atoms with van der Waals surface area (Å²) in [6.45, 7) is 8.20. The van der Waals surface area contributed by atoms with Gasteiger partial charge in [-0.2, -0.15) is 11.8 Å². The normalized spacial score (nSPS) is 18.5. The second kappa shape index (κ2) is 6.62. The summed E-state index contributed by atoms with van der Waals surface area (Å²) in [6.07, 6.45) is 5.98. The van der Waals surface area contributed by atoms with Gasteiger partial charge in [0, 0.05) is 13.1 Å². The summed E-state index contributed by atoms with van der Waals surface area (Å²) in [5.74, 6) is 1.05. The number of nitrogens with two attached hydrogens (primary N) is 1. The zero-order valence-electron chi connectivity index (χ0n) is 12.0. The molecule has 0 aromatic rings. The molecule has 0 aromatic carbocycles. The van der Waals surface area contributed by atoms with E-state index < -0.39 is 0 Å². The van der Waals surface area contributed by atoms with Crippen molar-refractivity contribution in [2.45, 2.75) is 39.7 Å². The maximum absolute atomic E-state index is 12.1. The van der Waals surface area contributed by atoms with Crippen LogP contribution in [0.5, 0.6) is 0 Å². The van der Waals surface area contributed by atoms with Gasteiger partial charge in [-0.15, -0.1) is 0 Å². The molecule has 0 aliphatic carbocycles. The van der Waals surface area contributed by atoms with E-state index in [-0.39, 0.29) is 17.4 Å². The van der Waals surface area contributed by atoms with Crippen molar-refractivity contribution in [2.75, 3.05) is 25.1 Å². The van der Waals surface area contributed by atoms with Crippen molar-refractivity contribution in [3.63, 3.8) is 0 Å². The molecular weight excluding hydrogens is 244 g/mol. The maximum atomic E-state index is 12.1. The predicted octanol–water partition coefficient (Wildman–Crippen LogP) is 2.27. The predicted molar refractivity (Wildman–Crippen MR) is 79.7 cm³/mol. The van der Waals surface area contributed by atoms with Crippen LogP contribution in [0.25, 0.3) is 0 Å². The zero-order chi connectivity index (χ0) is 13.8. The molecule has 0 unspecified atom stereocenters. The minimum Gasteiger partial charge on any atom is -0.337 e. The Morgan fingerprint density at radius 2 is 2.22 bits per heavy atom. The van der Waals surface area contributed by atoms with Gasteiger partial charge in [-0.05, 0) is 30.3 Å². The summed E-state index contributed by atoms with van der Waals surface area (Å²) in [5.41, 5.74) is 7.60. The smallest absolute Gasteiger partial charge is 0.239 e. The number of rotatable bonds is 4. The number of carbonyl (C=O) groups excluding carboxylic acids is 1. The third kappa shape index (κ3) is 4.32. The first-order valence-corrected chi connectivity index (χ1v) is 7.98. The van der Waals surface area contributed by atoms with E-state index in [2.05, 4.69) is 26.8 Å². The molecule has 1 amide bonds. The van der Waals surface area contributed by atoms with Crippen molar-refractivity contribution in [3.05, 3.63) is 11.6 Å². The van der Waals surface area contributed by atoms with Crippen LogP contribution in [-0.4, -0.2) is 41.9 Å². The van der Waals surface area contributed by atoms with Gasteiger partial charge in [0.05, 0.1) is 6.04 Å². The van der Waals surface area contributed by atoms with Crippen LogP contribution in [0.2, 0.25) is 0 Å². The standard InChI is InChI=1S/C14H26N2OS/c1-14(2,3)11-5-8-16(9-6-11)13(17)12(15)7-10-18-4/h5,12H,6-10,15H2,1-4H3/t12-/m1/s1. The van der Waals surface area contributed by atoms with Gasteiger partial charge in [0.1, 0.15) is 0 Å². The first kappa shape index (κ1) is 15.6. The third-order valence-corrected chi connectivity index (χ3v) is 4.08. The van der Waals surface area contributed by atoms with Gasteiger partial charge in [0.2, 0.25) is 5.91 Å². The Labute approximate surface area is 115 Å². The highest BCUT2D eigenvalue weighted by atomic mass is 32.2. The monoisotopic (exact) mass is 270 g/mol. The molecule has 0 saturated carbocycles. The fourth-order valence-electron chi connectivity index (χ4n) is 2.15. The first-order valence-electron chi connectivity index (χ1n) is 6.59. The van der Waals surface area contributed by atoms with Crippen LogP contribution < -0.4 is 5.73 Å². The Morgan fingerprint density at radius 1 is 1.56 bits per heavy atom. The molecule has 2 N–H and O–H groups in total. The highest BCUT2D eigenvalue weighted by Gasteiger charge is 2.25. The Hall–Kier alpha value is -0.480. The van der Waals surface area contributed by atoms with Crippen LogP contribution in [0.3, 0.4) is 0 Å². The van der Waals surface area contributed by atoms with Crippen molar-refractivity contribution in [2.24, 2.45) is 11.1 Å². The number of hydrogen-bond acceptors (Lipinski definition) is 3. The molecule has 1 aliphatic rings. The van der Waals surface area contributed by atoms with Crippen molar-refractivity contribution in [1.82, 2.24) is 4.90 Å². The average molecular weight is 270 g/mol. The van der Waals surface area contributed by atoms with Gasteiger partial charge >= 0.3 is 0 Å². The van der Waals surface area contributed by atoms with Gasteiger partial charge < -0.3 is 10.6 Å². The van der Waals surface area contributed by atoms with Crippen LogP contribution in [0, 0.1) is 5.41 Å². The highest BCUT2D eigenvalue weighted by molar-refractivity contribution is 7.98. The van der Waals surface area contributed by atoms with Crippen molar-refractivity contribution >= 4 is 17.7 Å². The molecule has 0 spiro atoms. The van der Waals surface area contributed by atoms with Gasteiger partial charge in [-0.1, -0.05) is 32.4 Å². The number of nitrogens with zero attached hydrogens (tertiary/aromatic N) is 1. The van der Waals surface area contributed by atoms with Crippen molar-refractivity contribution < 1.29 is 4.79 Å². The molecule has 0 saturated heterocycles. The molecule has 0 fully saturated rings. The second-order valence-electron chi connectivity index (χ2n) is 5.90. The van der Waals surface area contributed by atoms with Crippen LogP contribution in [0.4, 0.5) is 0 Å². The lowest BCUT2D eigenvalue weighted by atomic mass is 9.83. The first-order chi connectivity index (χ1) is 8.36. The summed E-state index contributed by atoms with van der Waals surface area (Å²) in [4.78, 5) is 14.0. The number of amides is 1. The molecule has 4 heteroatoms.